The van der Waals surface area contributed by atoms with Gasteiger partial charge >= 0.3 is 0 Å². The van der Waals surface area contributed by atoms with Crippen LogP contribution in [-0.2, 0) is 6.42 Å². The molecule has 6 nitrogen and oxygen atoms in total. The van der Waals surface area contributed by atoms with Gasteiger partial charge in [0.25, 0.3) is 5.91 Å². The predicted octanol–water partition coefficient (Wildman–Crippen LogP) is 4.63. The summed E-state index contributed by atoms with van der Waals surface area (Å²) in [6.45, 7) is 0.496. The van der Waals surface area contributed by atoms with Gasteiger partial charge < -0.3 is 14.1 Å². The van der Waals surface area contributed by atoms with E-state index in [-0.39, 0.29) is 5.91 Å². The maximum absolute atomic E-state index is 13.1. The molecule has 0 radical (unpaired) electrons. The number of amides is 1. The molecule has 4 aromatic heterocycles. The Kier molecular flexibility index (Phi) is 5.02. The Hall–Kier alpha value is -4.19. The number of fused-ring (bicyclic) bond motifs is 1. The summed E-state index contributed by atoms with van der Waals surface area (Å²) in [5.74, 6) is -0.154. The normalized spacial score (nSPS) is 11.0. The van der Waals surface area contributed by atoms with Crippen molar-refractivity contribution in [3.63, 3.8) is 0 Å². The van der Waals surface area contributed by atoms with Gasteiger partial charge in [-0.3, -0.25) is 9.78 Å². The number of carbonyl (C=O) groups excluding carboxylic acids is 1. The van der Waals surface area contributed by atoms with E-state index in [4.69, 9.17) is 4.42 Å². The molecule has 1 N–H and O–H groups in total. The highest BCUT2D eigenvalue weighted by molar-refractivity contribution is 6.02. The van der Waals surface area contributed by atoms with Crippen molar-refractivity contribution in [3.05, 3.63) is 103 Å². The van der Waals surface area contributed by atoms with E-state index >= 15 is 0 Å². The maximum Gasteiger partial charge on any atom is 0.253 e. The zero-order valence-corrected chi connectivity index (χ0v) is 16.7. The third-order valence-electron chi connectivity index (χ3n) is 5.19. The van der Waals surface area contributed by atoms with E-state index in [1.54, 1.807) is 12.5 Å². The lowest BCUT2D eigenvalue weighted by Crippen LogP contribution is -2.26. The highest BCUT2D eigenvalue weighted by atomic mass is 16.3. The number of benzene rings is 1. The first-order valence-electron chi connectivity index (χ1n) is 10.1. The molecule has 0 atom stereocenters. The summed E-state index contributed by atoms with van der Waals surface area (Å²) >= 11 is 0. The summed E-state index contributed by atoms with van der Waals surface area (Å²) in [4.78, 5) is 21.7. The second-order valence-corrected chi connectivity index (χ2v) is 7.19. The summed E-state index contributed by atoms with van der Waals surface area (Å²) in [6, 6.07) is 21.8. The Balaban J connectivity index is 1.50. The van der Waals surface area contributed by atoms with Crippen LogP contribution in [0.5, 0.6) is 0 Å². The Morgan fingerprint density at radius 1 is 0.968 bits per heavy atom. The second-order valence-electron chi connectivity index (χ2n) is 7.19. The van der Waals surface area contributed by atoms with Crippen molar-refractivity contribution >= 4 is 11.4 Å². The second kappa shape index (κ2) is 8.28. The number of nitrogens with zero attached hydrogens (tertiary/aromatic N) is 3. The molecule has 5 rings (SSSR count). The number of hydrogen-bond donors (Lipinski definition) is 1. The van der Waals surface area contributed by atoms with Crippen LogP contribution in [0.25, 0.3) is 28.0 Å². The third-order valence-corrected chi connectivity index (χ3v) is 5.19. The maximum atomic E-state index is 13.1. The molecule has 0 aliphatic carbocycles. The van der Waals surface area contributed by atoms with Crippen molar-refractivity contribution in [1.29, 1.82) is 0 Å². The van der Waals surface area contributed by atoms with Crippen molar-refractivity contribution in [2.45, 2.75) is 6.42 Å². The number of rotatable bonds is 6. The number of hydrogen-bond acceptors (Lipinski definition) is 4. The van der Waals surface area contributed by atoms with E-state index < -0.39 is 0 Å². The minimum atomic E-state index is -0.154. The molecule has 0 saturated heterocycles. The van der Waals surface area contributed by atoms with Gasteiger partial charge in [0, 0.05) is 36.6 Å². The van der Waals surface area contributed by atoms with Gasteiger partial charge in [-0.1, -0.05) is 42.5 Å². The van der Waals surface area contributed by atoms with Crippen LogP contribution >= 0.6 is 0 Å². The van der Waals surface area contributed by atoms with Gasteiger partial charge in [0.15, 0.2) is 6.39 Å². The molecule has 6 heteroatoms. The molecule has 0 aliphatic rings. The van der Waals surface area contributed by atoms with E-state index in [0.29, 0.717) is 29.9 Å². The molecule has 31 heavy (non-hydrogen) atoms. The van der Waals surface area contributed by atoms with Crippen LogP contribution < -0.4 is 5.32 Å². The number of aromatic nitrogens is 3. The SMILES string of the molecule is O=C(NCCc1ccccn1)c1cc2ccc(-c3ccccc3)cn2c1-c1cocn1. The fourth-order valence-electron chi connectivity index (χ4n) is 3.68. The van der Waals surface area contributed by atoms with Crippen molar-refractivity contribution in [2.24, 2.45) is 0 Å². The van der Waals surface area contributed by atoms with Crippen LogP contribution in [0.2, 0.25) is 0 Å². The Labute approximate surface area is 179 Å². The van der Waals surface area contributed by atoms with E-state index in [2.05, 4.69) is 33.5 Å². The molecule has 152 valence electrons. The first kappa shape index (κ1) is 18.8. The number of oxazole rings is 1. The largest absolute Gasteiger partial charge is 0.451 e. The highest BCUT2D eigenvalue weighted by Gasteiger charge is 2.20. The average Bonchev–Trinajstić information content (AvgIpc) is 3.47. The van der Waals surface area contributed by atoms with Crippen LogP contribution in [0.15, 0.2) is 96.2 Å². The van der Waals surface area contributed by atoms with Gasteiger partial charge in [0.05, 0.1) is 11.3 Å². The van der Waals surface area contributed by atoms with Crippen molar-refractivity contribution < 1.29 is 9.21 Å². The molecule has 1 amide bonds. The third kappa shape index (κ3) is 3.83. The molecule has 0 fully saturated rings. The lowest BCUT2D eigenvalue weighted by Gasteiger charge is -2.08. The van der Waals surface area contributed by atoms with Crippen LogP contribution in [0, 0.1) is 0 Å². The van der Waals surface area contributed by atoms with E-state index in [9.17, 15) is 4.79 Å². The van der Waals surface area contributed by atoms with Crippen LogP contribution in [0.4, 0.5) is 0 Å². The molecular formula is C25H20N4O2. The lowest BCUT2D eigenvalue weighted by atomic mass is 10.1. The van der Waals surface area contributed by atoms with E-state index in [0.717, 1.165) is 22.3 Å². The monoisotopic (exact) mass is 408 g/mol. The van der Waals surface area contributed by atoms with Crippen LogP contribution in [0.3, 0.4) is 0 Å². The average molecular weight is 408 g/mol. The number of pyridine rings is 2. The van der Waals surface area contributed by atoms with Gasteiger partial charge in [-0.25, -0.2) is 4.98 Å². The minimum absolute atomic E-state index is 0.154. The molecule has 0 unspecified atom stereocenters. The van der Waals surface area contributed by atoms with Crippen molar-refractivity contribution in [3.8, 4) is 22.5 Å². The van der Waals surface area contributed by atoms with Gasteiger partial charge in [-0.15, -0.1) is 0 Å². The fraction of sp³-hybridized carbons (Fsp3) is 0.0800. The van der Waals surface area contributed by atoms with Gasteiger partial charge in [0.2, 0.25) is 0 Å². The van der Waals surface area contributed by atoms with E-state index in [1.807, 2.05) is 59.1 Å². The molecule has 0 aliphatic heterocycles. The zero-order valence-electron chi connectivity index (χ0n) is 16.7. The lowest BCUT2D eigenvalue weighted by molar-refractivity contribution is 0.0955. The minimum Gasteiger partial charge on any atom is -0.451 e. The quantitative estimate of drug-likeness (QED) is 0.445. The topological polar surface area (TPSA) is 72.4 Å². The molecule has 4 heterocycles. The Morgan fingerprint density at radius 2 is 1.84 bits per heavy atom. The summed E-state index contributed by atoms with van der Waals surface area (Å²) in [5, 5.41) is 3.01. The van der Waals surface area contributed by atoms with Crippen LogP contribution in [0.1, 0.15) is 16.1 Å². The van der Waals surface area contributed by atoms with Crippen LogP contribution in [-0.4, -0.2) is 26.8 Å². The Bertz CT molecular complexity index is 1310. The predicted molar refractivity (Wildman–Crippen MR) is 119 cm³/mol. The van der Waals surface area contributed by atoms with Gasteiger partial charge in [0.1, 0.15) is 12.0 Å². The van der Waals surface area contributed by atoms with Gasteiger partial charge in [-0.2, -0.15) is 0 Å². The Morgan fingerprint density at radius 3 is 2.61 bits per heavy atom. The molecule has 1 aromatic carbocycles. The molecule has 5 aromatic rings. The summed E-state index contributed by atoms with van der Waals surface area (Å²) in [6.07, 6.45) is 7.38. The number of nitrogens with one attached hydrogen (secondary N) is 1. The molecule has 0 saturated carbocycles. The number of carbonyl (C=O) groups is 1. The smallest absolute Gasteiger partial charge is 0.253 e. The zero-order chi connectivity index (χ0) is 21.0. The standard InChI is InChI=1S/C25H20N4O2/c30-25(27-13-11-20-8-4-5-12-26-20)22-14-21-10-9-19(18-6-2-1-3-7-18)15-29(21)24(22)23-16-31-17-28-23/h1-10,12,14-17H,11,13H2,(H,27,30). The molecule has 0 spiro atoms. The first-order valence-corrected chi connectivity index (χ1v) is 10.1. The highest BCUT2D eigenvalue weighted by Crippen LogP contribution is 2.29. The first-order chi connectivity index (χ1) is 15.3. The molecule has 0 bridgehead atoms. The van der Waals surface area contributed by atoms with Crippen molar-refractivity contribution in [2.75, 3.05) is 6.54 Å². The van der Waals surface area contributed by atoms with Gasteiger partial charge in [-0.05, 0) is 35.4 Å². The van der Waals surface area contributed by atoms with Crippen molar-refractivity contribution in [1.82, 2.24) is 19.7 Å². The summed E-state index contributed by atoms with van der Waals surface area (Å²) in [7, 11) is 0. The van der Waals surface area contributed by atoms with E-state index in [1.165, 1.54) is 6.39 Å². The summed E-state index contributed by atoms with van der Waals surface area (Å²) < 4.78 is 7.21. The summed E-state index contributed by atoms with van der Waals surface area (Å²) in [5.41, 5.74) is 5.87. The molecular weight excluding hydrogens is 388 g/mol. The fourth-order valence-corrected chi connectivity index (χ4v) is 3.68.